The van der Waals surface area contributed by atoms with E-state index in [2.05, 4.69) is 9.97 Å². The van der Waals surface area contributed by atoms with E-state index in [0.29, 0.717) is 28.3 Å². The molecule has 0 spiro atoms. The van der Waals surface area contributed by atoms with Gasteiger partial charge in [-0.2, -0.15) is 0 Å². The van der Waals surface area contributed by atoms with Crippen LogP contribution in [0.1, 0.15) is 88.7 Å². The summed E-state index contributed by atoms with van der Waals surface area (Å²) in [5.74, 6) is -1.64. The van der Waals surface area contributed by atoms with Gasteiger partial charge in [0.25, 0.3) is 5.91 Å². The van der Waals surface area contributed by atoms with Crippen LogP contribution in [-0.2, 0) is 16.1 Å². The molecule has 1 aliphatic heterocycles. The quantitative estimate of drug-likeness (QED) is 0.119. The fraction of sp³-hybridized carbons (Fsp3) is 0.366. The van der Waals surface area contributed by atoms with Crippen molar-refractivity contribution in [3.8, 4) is 11.1 Å². The monoisotopic (exact) mass is 690 g/mol. The Balaban J connectivity index is 1.08. The van der Waals surface area contributed by atoms with Gasteiger partial charge in [-0.3, -0.25) is 24.4 Å². The van der Waals surface area contributed by atoms with E-state index < -0.39 is 11.9 Å². The van der Waals surface area contributed by atoms with Crippen molar-refractivity contribution in [1.29, 1.82) is 0 Å². The lowest BCUT2D eigenvalue weighted by atomic mass is 9.76. The molecular formula is C41H43FN4O5. The van der Waals surface area contributed by atoms with Crippen molar-refractivity contribution in [3.05, 3.63) is 113 Å². The number of pyridine rings is 2. The largest absolute Gasteiger partial charge is 0.459 e. The first-order valence-electron chi connectivity index (χ1n) is 17.5. The highest BCUT2D eigenvalue weighted by Crippen LogP contribution is 2.37. The van der Waals surface area contributed by atoms with E-state index in [0.717, 1.165) is 42.4 Å². The van der Waals surface area contributed by atoms with Gasteiger partial charge in [-0.1, -0.05) is 19.9 Å². The van der Waals surface area contributed by atoms with E-state index in [9.17, 15) is 19.2 Å². The fourth-order valence-corrected chi connectivity index (χ4v) is 7.03. The Morgan fingerprint density at radius 2 is 1.69 bits per heavy atom. The standard InChI is InChI=1S/C41H43FN4O5/c1-24-14-33(22-44-21-24)41(50)51-35-17-28(18-35)7-6-25(2)26(3)38(47)32-15-29(16-34(42)19-32)23-46-27(4)39(48)45(5)37-20-31(8-9-36(37)40(46)49)30-10-12-43-13-11-30/h8-16,19-22,25-28,35H,6-7,17-18,23H2,1-5H3/t25?,26?,27-,28-,35+/m1/s1. The van der Waals surface area contributed by atoms with Crippen LogP contribution in [0.2, 0.25) is 0 Å². The lowest BCUT2D eigenvalue weighted by Crippen LogP contribution is -2.45. The van der Waals surface area contributed by atoms with Gasteiger partial charge in [0.1, 0.15) is 18.0 Å². The molecule has 9 nitrogen and oxygen atoms in total. The van der Waals surface area contributed by atoms with Crippen molar-refractivity contribution in [2.24, 2.45) is 17.8 Å². The molecule has 2 aliphatic rings. The number of esters is 1. The molecule has 0 saturated heterocycles. The number of nitrogens with zero attached hydrogens (tertiary/aromatic N) is 4. The number of Topliss-reactive ketones (excluding diaryl/α,β-unsaturated/α-hetero) is 1. The van der Waals surface area contributed by atoms with Crippen LogP contribution in [0.3, 0.4) is 0 Å². The molecule has 2 amide bonds. The number of carbonyl (C=O) groups excluding carboxylic acids is 4. The molecule has 264 valence electrons. The van der Waals surface area contributed by atoms with E-state index in [4.69, 9.17) is 4.74 Å². The number of halogens is 1. The Labute approximate surface area is 297 Å². The number of ether oxygens (including phenoxy) is 1. The Kier molecular flexibility index (Phi) is 10.4. The van der Waals surface area contributed by atoms with Crippen molar-refractivity contribution in [3.63, 3.8) is 0 Å². The summed E-state index contributed by atoms with van der Waals surface area (Å²) < 4.78 is 20.7. The smallest absolute Gasteiger partial charge is 0.339 e. The third-order valence-corrected chi connectivity index (χ3v) is 10.5. The summed E-state index contributed by atoms with van der Waals surface area (Å²) in [7, 11) is 1.65. The number of hydrogen-bond acceptors (Lipinski definition) is 7. The third kappa shape index (κ3) is 7.75. The van der Waals surface area contributed by atoms with Crippen molar-refractivity contribution < 1.29 is 28.3 Å². The Hall–Kier alpha value is -5.25. The predicted octanol–water partition coefficient (Wildman–Crippen LogP) is 7.47. The Bertz CT molecular complexity index is 1960. The van der Waals surface area contributed by atoms with E-state index in [-0.39, 0.29) is 53.6 Å². The predicted molar refractivity (Wildman–Crippen MR) is 192 cm³/mol. The van der Waals surface area contributed by atoms with Crippen molar-refractivity contribution in [1.82, 2.24) is 14.9 Å². The second kappa shape index (κ2) is 14.9. The second-order valence-corrected chi connectivity index (χ2v) is 14.1. The molecule has 10 heteroatoms. The van der Waals surface area contributed by atoms with Crippen molar-refractivity contribution in [2.45, 2.75) is 72.1 Å². The molecule has 2 aromatic carbocycles. The van der Waals surface area contributed by atoms with Gasteiger partial charge in [-0.15, -0.1) is 0 Å². The van der Waals surface area contributed by atoms with Crippen LogP contribution < -0.4 is 4.90 Å². The summed E-state index contributed by atoms with van der Waals surface area (Å²) in [6.45, 7) is 7.40. The summed E-state index contributed by atoms with van der Waals surface area (Å²) in [4.78, 5) is 64.7. The number of benzene rings is 2. The summed E-state index contributed by atoms with van der Waals surface area (Å²) in [5, 5.41) is 0. The van der Waals surface area contributed by atoms with Crippen LogP contribution in [0.5, 0.6) is 0 Å². The average Bonchev–Trinajstić information content (AvgIpc) is 3.17. The first kappa shape index (κ1) is 35.6. The zero-order valence-corrected chi connectivity index (χ0v) is 29.6. The number of aryl methyl sites for hydroxylation is 1. The van der Waals surface area contributed by atoms with E-state index in [1.807, 2.05) is 45.0 Å². The normalized spacial score (nSPS) is 19.8. The van der Waals surface area contributed by atoms with Gasteiger partial charge >= 0.3 is 5.97 Å². The number of hydrogen-bond donors (Lipinski definition) is 0. The molecule has 3 heterocycles. The highest BCUT2D eigenvalue weighted by molar-refractivity contribution is 6.11. The van der Waals surface area contributed by atoms with E-state index in [1.165, 1.54) is 28.1 Å². The van der Waals surface area contributed by atoms with Crippen LogP contribution in [0.15, 0.2) is 79.4 Å². The molecule has 0 N–H and O–H groups in total. The molecule has 6 rings (SSSR count). The van der Waals surface area contributed by atoms with Gasteiger partial charge < -0.3 is 14.5 Å². The van der Waals surface area contributed by atoms with Gasteiger partial charge in [0, 0.05) is 49.9 Å². The van der Waals surface area contributed by atoms with Gasteiger partial charge in [0.05, 0.1) is 16.8 Å². The minimum absolute atomic E-state index is 0.0399. The molecule has 0 radical (unpaired) electrons. The highest BCUT2D eigenvalue weighted by Gasteiger charge is 2.37. The molecule has 4 aromatic rings. The number of anilines is 1. The number of amides is 2. The fourth-order valence-electron chi connectivity index (χ4n) is 7.03. The van der Waals surface area contributed by atoms with Crippen LogP contribution in [0.4, 0.5) is 10.1 Å². The first-order chi connectivity index (χ1) is 24.4. The molecule has 1 saturated carbocycles. The molecule has 3 atom stereocenters. The molecule has 2 unspecified atom stereocenters. The van der Waals surface area contributed by atoms with Crippen LogP contribution >= 0.6 is 0 Å². The van der Waals surface area contributed by atoms with Crippen LogP contribution in [-0.4, -0.2) is 57.6 Å². The van der Waals surface area contributed by atoms with E-state index in [1.54, 1.807) is 50.8 Å². The maximum atomic E-state index is 15.1. The van der Waals surface area contributed by atoms with Gasteiger partial charge in [0.15, 0.2) is 5.78 Å². The Morgan fingerprint density at radius 1 is 0.941 bits per heavy atom. The zero-order chi connectivity index (χ0) is 36.4. The van der Waals surface area contributed by atoms with Crippen LogP contribution in [0.25, 0.3) is 11.1 Å². The first-order valence-corrected chi connectivity index (χ1v) is 17.5. The maximum Gasteiger partial charge on any atom is 0.339 e. The minimum atomic E-state index is -0.824. The van der Waals surface area contributed by atoms with Gasteiger partial charge in [-0.25, -0.2) is 9.18 Å². The van der Waals surface area contributed by atoms with Crippen molar-refractivity contribution >= 4 is 29.3 Å². The molecule has 0 bridgehead atoms. The number of likely N-dealkylation sites (N-methyl/N-ethyl adjacent to an activating group) is 1. The summed E-state index contributed by atoms with van der Waals surface area (Å²) in [6, 6.07) is 14.2. The lowest BCUT2D eigenvalue weighted by Gasteiger charge is -2.35. The molecule has 51 heavy (non-hydrogen) atoms. The molecule has 1 aliphatic carbocycles. The second-order valence-electron chi connectivity index (χ2n) is 14.1. The van der Waals surface area contributed by atoms with Gasteiger partial charge in [-0.05, 0) is 122 Å². The van der Waals surface area contributed by atoms with Crippen molar-refractivity contribution in [2.75, 3.05) is 11.9 Å². The summed E-state index contributed by atoms with van der Waals surface area (Å²) >= 11 is 0. The maximum absolute atomic E-state index is 15.1. The molecular weight excluding hydrogens is 647 g/mol. The van der Waals surface area contributed by atoms with Gasteiger partial charge in [0.2, 0.25) is 5.91 Å². The zero-order valence-electron chi connectivity index (χ0n) is 29.6. The molecule has 1 fully saturated rings. The number of aromatic nitrogens is 2. The molecule has 2 aromatic heterocycles. The summed E-state index contributed by atoms with van der Waals surface area (Å²) in [5.41, 5.74) is 4.63. The number of rotatable bonds is 11. The summed E-state index contributed by atoms with van der Waals surface area (Å²) in [6.07, 6.45) is 9.74. The highest BCUT2D eigenvalue weighted by atomic mass is 19.1. The number of ketones is 1. The minimum Gasteiger partial charge on any atom is -0.459 e. The lowest BCUT2D eigenvalue weighted by molar-refractivity contribution is -0.122. The Morgan fingerprint density at radius 3 is 2.41 bits per heavy atom. The SMILES string of the molecule is Cc1cncc(C(=O)O[C@H]2C[C@@H](CCC(C)C(C)C(=O)c3cc(F)cc(CN4C(=O)c5ccc(-c6ccncc6)cc5N(C)C(=O)[C@H]4C)c3)C2)c1. The number of carbonyl (C=O) groups is 4. The van der Waals surface area contributed by atoms with E-state index >= 15 is 4.39 Å². The average molecular weight is 691 g/mol. The van der Waals surface area contributed by atoms with Crippen LogP contribution in [0, 0.1) is 30.5 Å². The number of fused-ring (bicyclic) bond motifs is 1. The topological polar surface area (TPSA) is 110 Å². The third-order valence-electron chi connectivity index (χ3n) is 10.5.